The van der Waals surface area contributed by atoms with Crippen LogP contribution in [0.1, 0.15) is 38.7 Å². The van der Waals surface area contributed by atoms with Gasteiger partial charge in [0.25, 0.3) is 0 Å². The van der Waals surface area contributed by atoms with E-state index in [1.807, 2.05) is 42.2 Å². The highest BCUT2D eigenvalue weighted by atomic mass is 16.4. The van der Waals surface area contributed by atoms with Gasteiger partial charge in [-0.2, -0.15) is 0 Å². The van der Waals surface area contributed by atoms with Gasteiger partial charge in [0.05, 0.1) is 0 Å². The van der Waals surface area contributed by atoms with E-state index in [9.17, 15) is 4.79 Å². The number of carbonyl (C=O) groups is 3. The molecule has 0 unspecified atom stereocenters. The monoisotopic (exact) mass is 454 g/mol. The molecule has 0 saturated carbocycles. The maximum absolute atomic E-state index is 12.5. The summed E-state index contributed by atoms with van der Waals surface area (Å²) >= 11 is 0. The van der Waals surface area contributed by atoms with Gasteiger partial charge in [-0.15, -0.1) is 0 Å². The number of para-hydroxylation sites is 1. The molecular formula is C26H34N2O5. The van der Waals surface area contributed by atoms with Crippen molar-refractivity contribution >= 4 is 23.5 Å². The number of carbonyl (C=O) groups excluding carboxylic acids is 1. The molecule has 0 aromatic heterocycles. The molecule has 7 heteroatoms. The average molecular weight is 455 g/mol. The highest BCUT2D eigenvalue weighted by Gasteiger charge is 2.25. The first-order valence-corrected chi connectivity index (χ1v) is 11.4. The molecule has 1 atom stereocenters. The normalized spacial score (nSPS) is 15.1. The molecule has 1 saturated heterocycles. The second-order valence-corrected chi connectivity index (χ2v) is 8.32. The predicted molar refractivity (Wildman–Crippen MR) is 128 cm³/mol. The number of carboxylic acids is 2. The minimum Gasteiger partial charge on any atom is -0.473 e. The quantitative estimate of drug-likeness (QED) is 0.615. The summed E-state index contributed by atoms with van der Waals surface area (Å²) in [5.41, 5.74) is 2.46. The van der Waals surface area contributed by atoms with Crippen LogP contribution < -0.4 is 4.90 Å². The zero-order chi connectivity index (χ0) is 24.2. The lowest BCUT2D eigenvalue weighted by atomic mass is 9.89. The Labute approximate surface area is 195 Å². The number of benzene rings is 2. The second kappa shape index (κ2) is 13.4. The van der Waals surface area contributed by atoms with Crippen LogP contribution in [0.25, 0.3) is 0 Å². The van der Waals surface area contributed by atoms with E-state index in [4.69, 9.17) is 19.8 Å². The summed E-state index contributed by atoms with van der Waals surface area (Å²) in [6.45, 7) is 7.22. The predicted octanol–water partition coefficient (Wildman–Crippen LogP) is 3.93. The fourth-order valence-electron chi connectivity index (χ4n) is 4.07. The molecule has 1 fully saturated rings. The van der Waals surface area contributed by atoms with Crippen LogP contribution in [0, 0.1) is 5.92 Å². The van der Waals surface area contributed by atoms with Crippen molar-refractivity contribution in [2.75, 3.05) is 24.5 Å². The SMILES string of the molecule is CCC(=O)N(C[C@@H](C)N1CCC(Cc2ccccc2)CC1)c1ccccc1.O=C(O)C(=O)O. The number of amides is 1. The summed E-state index contributed by atoms with van der Waals surface area (Å²) in [4.78, 5) is 35.2. The molecule has 1 heterocycles. The van der Waals surface area contributed by atoms with Gasteiger partial charge < -0.3 is 15.1 Å². The van der Waals surface area contributed by atoms with Crippen molar-refractivity contribution in [1.29, 1.82) is 0 Å². The van der Waals surface area contributed by atoms with Crippen LogP contribution in [0.2, 0.25) is 0 Å². The van der Waals surface area contributed by atoms with Gasteiger partial charge in [0.2, 0.25) is 5.91 Å². The van der Waals surface area contributed by atoms with Crippen LogP contribution in [0.4, 0.5) is 5.69 Å². The van der Waals surface area contributed by atoms with E-state index in [0.717, 1.165) is 31.2 Å². The number of carboxylic acid groups (broad SMARTS) is 2. The van der Waals surface area contributed by atoms with Gasteiger partial charge >= 0.3 is 11.9 Å². The first-order chi connectivity index (χ1) is 15.8. The lowest BCUT2D eigenvalue weighted by molar-refractivity contribution is -0.159. The van der Waals surface area contributed by atoms with E-state index < -0.39 is 11.9 Å². The maximum atomic E-state index is 12.5. The molecule has 1 aliphatic rings. The average Bonchev–Trinajstić information content (AvgIpc) is 2.84. The number of anilines is 1. The Kier molecular flexibility index (Phi) is 10.6. The molecule has 2 N–H and O–H groups in total. The highest BCUT2D eigenvalue weighted by molar-refractivity contribution is 6.27. The molecule has 2 aromatic carbocycles. The van der Waals surface area contributed by atoms with Crippen LogP contribution in [0.5, 0.6) is 0 Å². The highest BCUT2D eigenvalue weighted by Crippen LogP contribution is 2.24. The first kappa shape index (κ1) is 26.1. The van der Waals surface area contributed by atoms with Gasteiger partial charge in [-0.1, -0.05) is 55.5 Å². The van der Waals surface area contributed by atoms with Gasteiger partial charge in [0.15, 0.2) is 0 Å². The van der Waals surface area contributed by atoms with Gasteiger partial charge in [-0.3, -0.25) is 9.69 Å². The topological polar surface area (TPSA) is 98.2 Å². The third-order valence-electron chi connectivity index (χ3n) is 5.94. The van der Waals surface area contributed by atoms with Crippen LogP contribution in [0.15, 0.2) is 60.7 Å². The van der Waals surface area contributed by atoms with Crippen molar-refractivity contribution in [2.24, 2.45) is 5.92 Å². The molecule has 0 aliphatic carbocycles. The Morgan fingerprint density at radius 1 is 0.939 bits per heavy atom. The van der Waals surface area contributed by atoms with Crippen molar-refractivity contribution in [3.63, 3.8) is 0 Å². The van der Waals surface area contributed by atoms with E-state index in [-0.39, 0.29) is 5.91 Å². The summed E-state index contributed by atoms with van der Waals surface area (Å²) in [6.07, 6.45) is 4.22. The zero-order valence-electron chi connectivity index (χ0n) is 19.4. The van der Waals surface area contributed by atoms with Crippen molar-refractivity contribution in [1.82, 2.24) is 4.90 Å². The first-order valence-electron chi connectivity index (χ1n) is 11.4. The van der Waals surface area contributed by atoms with Crippen LogP contribution in [0.3, 0.4) is 0 Å². The maximum Gasteiger partial charge on any atom is 0.414 e. The minimum absolute atomic E-state index is 0.201. The molecule has 0 bridgehead atoms. The van der Waals surface area contributed by atoms with Crippen molar-refractivity contribution in [3.8, 4) is 0 Å². The number of rotatable bonds is 7. The smallest absolute Gasteiger partial charge is 0.414 e. The summed E-state index contributed by atoms with van der Waals surface area (Å²) in [5.74, 6) is -2.67. The summed E-state index contributed by atoms with van der Waals surface area (Å²) in [7, 11) is 0. The fourth-order valence-corrected chi connectivity index (χ4v) is 4.07. The van der Waals surface area contributed by atoms with E-state index in [2.05, 4.69) is 42.2 Å². The van der Waals surface area contributed by atoms with Gasteiger partial charge in [-0.25, -0.2) is 9.59 Å². The Morgan fingerprint density at radius 2 is 1.45 bits per heavy atom. The Morgan fingerprint density at radius 3 is 1.94 bits per heavy atom. The Hall–Kier alpha value is -3.19. The van der Waals surface area contributed by atoms with E-state index in [0.29, 0.717) is 12.5 Å². The number of nitrogens with zero attached hydrogens (tertiary/aromatic N) is 2. The third kappa shape index (κ3) is 8.69. The molecular weight excluding hydrogens is 420 g/mol. The Bertz CT molecular complexity index is 868. The number of hydrogen-bond donors (Lipinski definition) is 2. The number of likely N-dealkylation sites (tertiary alicyclic amines) is 1. The molecule has 7 nitrogen and oxygen atoms in total. The van der Waals surface area contributed by atoms with Gasteiger partial charge in [0, 0.05) is 24.7 Å². The molecule has 1 aliphatic heterocycles. The molecule has 0 spiro atoms. The summed E-state index contributed by atoms with van der Waals surface area (Å²) < 4.78 is 0. The molecule has 178 valence electrons. The third-order valence-corrected chi connectivity index (χ3v) is 5.94. The van der Waals surface area contributed by atoms with Crippen LogP contribution in [-0.4, -0.2) is 58.6 Å². The molecule has 33 heavy (non-hydrogen) atoms. The number of hydrogen-bond acceptors (Lipinski definition) is 4. The second-order valence-electron chi connectivity index (χ2n) is 8.32. The van der Waals surface area contributed by atoms with Gasteiger partial charge in [0.1, 0.15) is 0 Å². The lowest BCUT2D eigenvalue weighted by Gasteiger charge is -2.38. The van der Waals surface area contributed by atoms with Crippen molar-refractivity contribution < 1.29 is 24.6 Å². The summed E-state index contributed by atoms with van der Waals surface area (Å²) in [5, 5.41) is 14.8. The van der Waals surface area contributed by atoms with Crippen molar-refractivity contribution in [2.45, 2.75) is 45.6 Å². The lowest BCUT2D eigenvalue weighted by Crippen LogP contribution is -2.47. The van der Waals surface area contributed by atoms with E-state index >= 15 is 0 Å². The number of piperidine rings is 1. The van der Waals surface area contributed by atoms with E-state index in [1.54, 1.807) is 0 Å². The Balaban J connectivity index is 0.000000569. The fraction of sp³-hybridized carbons (Fsp3) is 0.423. The van der Waals surface area contributed by atoms with Crippen molar-refractivity contribution in [3.05, 3.63) is 66.2 Å². The number of aliphatic carboxylic acids is 2. The molecule has 3 rings (SSSR count). The van der Waals surface area contributed by atoms with Crippen LogP contribution in [-0.2, 0) is 20.8 Å². The largest absolute Gasteiger partial charge is 0.473 e. The van der Waals surface area contributed by atoms with Gasteiger partial charge in [-0.05, 0) is 62.9 Å². The van der Waals surface area contributed by atoms with Crippen LogP contribution >= 0.6 is 0 Å². The zero-order valence-corrected chi connectivity index (χ0v) is 19.4. The molecule has 1 amide bonds. The molecule has 0 radical (unpaired) electrons. The van der Waals surface area contributed by atoms with E-state index in [1.165, 1.54) is 24.8 Å². The molecule has 2 aromatic rings. The summed E-state index contributed by atoms with van der Waals surface area (Å²) in [6, 6.07) is 21.3. The minimum atomic E-state index is -1.82. The standard InChI is InChI=1S/C24H32N2O.C2H2O4/c1-3-24(27)26(23-12-8-5-9-13-23)19-20(2)25-16-14-22(15-17-25)18-21-10-6-4-7-11-21;3-1(4)2(5)6/h4-13,20,22H,3,14-19H2,1-2H3;(H,3,4)(H,5,6)/t20-;/m1./s1.